The molecule has 0 bridgehead atoms. The zero-order valence-electron chi connectivity index (χ0n) is 20.4. The Balaban J connectivity index is 1.83. The van der Waals surface area contributed by atoms with E-state index in [0.29, 0.717) is 11.3 Å². The second kappa shape index (κ2) is 9.63. The molecule has 37 heavy (non-hydrogen) atoms. The van der Waals surface area contributed by atoms with Gasteiger partial charge >= 0.3 is 22.0 Å². The molecule has 11 nitrogen and oxygen atoms in total. The molecule has 1 amide bonds. The predicted molar refractivity (Wildman–Crippen MR) is 130 cm³/mol. The van der Waals surface area contributed by atoms with E-state index in [0.717, 1.165) is 16.7 Å². The third kappa shape index (κ3) is 5.30. The van der Waals surface area contributed by atoms with E-state index in [1.807, 2.05) is 0 Å². The van der Waals surface area contributed by atoms with Gasteiger partial charge in [0.2, 0.25) is 5.13 Å². The molecule has 0 atom stereocenters. The van der Waals surface area contributed by atoms with Crippen molar-refractivity contribution in [3.05, 3.63) is 27.6 Å². The van der Waals surface area contributed by atoms with E-state index < -0.39 is 43.9 Å². The molecule has 1 saturated heterocycles. The van der Waals surface area contributed by atoms with E-state index in [9.17, 15) is 30.7 Å². The first-order valence-corrected chi connectivity index (χ1v) is 13.5. The first kappa shape index (κ1) is 26.9. The van der Waals surface area contributed by atoms with Crippen LogP contribution in [-0.2, 0) is 21.5 Å². The van der Waals surface area contributed by atoms with Gasteiger partial charge in [0.25, 0.3) is 6.43 Å². The Hall–Kier alpha value is -3.14. The van der Waals surface area contributed by atoms with Gasteiger partial charge in [-0.05, 0) is 39.8 Å². The lowest BCUT2D eigenvalue weighted by Gasteiger charge is -2.37. The van der Waals surface area contributed by atoms with Crippen LogP contribution in [0.2, 0.25) is 0 Å². The number of aryl methyl sites for hydroxylation is 1. The molecular formula is C21H25F3N6O5S2. The quantitative estimate of drug-likeness (QED) is 0.435. The van der Waals surface area contributed by atoms with Crippen molar-refractivity contribution in [2.75, 3.05) is 31.1 Å². The molecule has 3 heterocycles. The number of anilines is 1. The average molecular weight is 563 g/mol. The fourth-order valence-electron chi connectivity index (χ4n) is 4.07. The first-order valence-electron chi connectivity index (χ1n) is 11.3. The van der Waals surface area contributed by atoms with Gasteiger partial charge in [0, 0.05) is 32.7 Å². The lowest BCUT2D eigenvalue weighted by atomic mass is 10.2. The number of alkyl halides is 2. The number of ether oxygens (including phenoxy) is 1. The predicted octanol–water partition coefficient (Wildman–Crippen LogP) is 3.32. The number of carbonyl (C=O) groups is 1. The largest absolute Gasteiger partial charge is 0.444 e. The second-order valence-corrected chi connectivity index (χ2v) is 11.6. The summed E-state index contributed by atoms with van der Waals surface area (Å²) in [6.07, 6.45) is -3.42. The third-order valence-electron chi connectivity index (χ3n) is 5.65. The van der Waals surface area contributed by atoms with Gasteiger partial charge in [0.15, 0.2) is 5.01 Å². The highest BCUT2D eigenvalue weighted by molar-refractivity contribution is 7.86. The van der Waals surface area contributed by atoms with Crippen LogP contribution in [0.3, 0.4) is 0 Å². The van der Waals surface area contributed by atoms with Crippen LogP contribution in [0, 0.1) is 0 Å². The molecule has 2 aromatic heterocycles. The van der Waals surface area contributed by atoms with Crippen molar-refractivity contribution in [3.63, 3.8) is 0 Å². The summed E-state index contributed by atoms with van der Waals surface area (Å²) in [6, 6.07) is 2.10. The molecule has 202 valence electrons. The number of halogens is 3. The SMILES string of the molecule is CCn1c(=O)n(-c2nnc(C(F)F)s2)c2cc(S(=O)(=O)F)cc(N3CCN(C(=O)OC(C)(C)C)CC3)c21. The Morgan fingerprint density at radius 3 is 2.32 bits per heavy atom. The van der Waals surface area contributed by atoms with E-state index in [2.05, 4.69) is 10.2 Å². The van der Waals surface area contributed by atoms with Crippen LogP contribution in [0.5, 0.6) is 0 Å². The second-order valence-electron chi connectivity index (χ2n) is 9.29. The standard InChI is InChI=1S/C21H25F3N6O5S2/c1-5-29-15-13(27-6-8-28(9-7-27)20(32)35-21(2,3)4)10-12(37(24,33)34)11-14(15)30(19(29)31)18-26-25-17(36-18)16(22)23/h10-11,16H,5-9H2,1-4H3. The molecule has 0 spiro atoms. The van der Waals surface area contributed by atoms with Crippen LogP contribution in [-0.4, -0.2) is 70.5 Å². The van der Waals surface area contributed by atoms with Crippen molar-refractivity contribution in [2.24, 2.45) is 0 Å². The Morgan fingerprint density at radius 2 is 1.81 bits per heavy atom. The lowest BCUT2D eigenvalue weighted by molar-refractivity contribution is 0.0240. The summed E-state index contributed by atoms with van der Waals surface area (Å²) in [7, 11) is -5.21. The van der Waals surface area contributed by atoms with Crippen molar-refractivity contribution < 1.29 is 30.6 Å². The molecular weight excluding hydrogens is 537 g/mol. The minimum Gasteiger partial charge on any atom is -0.444 e. The summed E-state index contributed by atoms with van der Waals surface area (Å²) < 4.78 is 72.0. The molecule has 4 rings (SSSR count). The maximum absolute atomic E-state index is 14.2. The summed E-state index contributed by atoms with van der Waals surface area (Å²) in [5.74, 6) is 0. The summed E-state index contributed by atoms with van der Waals surface area (Å²) in [5, 5.41) is 6.27. The molecule has 0 radical (unpaired) electrons. The number of piperazine rings is 1. The molecule has 0 saturated carbocycles. The minimum absolute atomic E-state index is 0.0212. The Kier molecular flexibility index (Phi) is 7.00. The number of hydrogen-bond acceptors (Lipinski definition) is 9. The van der Waals surface area contributed by atoms with Crippen LogP contribution >= 0.6 is 11.3 Å². The van der Waals surface area contributed by atoms with Gasteiger partial charge in [-0.3, -0.25) is 4.57 Å². The maximum Gasteiger partial charge on any atom is 0.410 e. The summed E-state index contributed by atoms with van der Waals surface area (Å²) in [5.41, 5.74) is -0.851. The number of nitrogens with zero attached hydrogens (tertiary/aromatic N) is 6. The lowest BCUT2D eigenvalue weighted by Crippen LogP contribution is -2.50. The number of carbonyl (C=O) groups excluding carboxylic acids is 1. The number of hydrogen-bond donors (Lipinski definition) is 0. The molecule has 3 aromatic rings. The Morgan fingerprint density at radius 1 is 1.16 bits per heavy atom. The zero-order valence-corrected chi connectivity index (χ0v) is 22.1. The van der Waals surface area contributed by atoms with Crippen LogP contribution in [0.25, 0.3) is 16.2 Å². The van der Waals surface area contributed by atoms with E-state index in [-0.39, 0.29) is 54.6 Å². The minimum atomic E-state index is -5.21. The van der Waals surface area contributed by atoms with E-state index in [1.54, 1.807) is 32.6 Å². The summed E-state index contributed by atoms with van der Waals surface area (Å²) >= 11 is 0.472. The topological polar surface area (TPSA) is 120 Å². The van der Waals surface area contributed by atoms with Gasteiger partial charge in [0.1, 0.15) is 10.5 Å². The number of aromatic nitrogens is 4. The van der Waals surface area contributed by atoms with Gasteiger partial charge in [0.05, 0.1) is 16.7 Å². The first-order chi connectivity index (χ1) is 17.2. The molecule has 1 aliphatic heterocycles. The Labute approximate surface area is 214 Å². The van der Waals surface area contributed by atoms with Crippen LogP contribution in [0.4, 0.5) is 23.1 Å². The van der Waals surface area contributed by atoms with Crippen molar-refractivity contribution in [1.29, 1.82) is 0 Å². The van der Waals surface area contributed by atoms with Crippen molar-refractivity contribution in [1.82, 2.24) is 24.2 Å². The zero-order chi connectivity index (χ0) is 27.3. The molecule has 0 aliphatic carbocycles. The van der Waals surface area contributed by atoms with Gasteiger partial charge in [-0.15, -0.1) is 14.1 Å². The van der Waals surface area contributed by atoms with Crippen LogP contribution in [0.1, 0.15) is 39.1 Å². The molecule has 1 aromatic carbocycles. The highest BCUT2D eigenvalue weighted by Crippen LogP contribution is 2.34. The maximum atomic E-state index is 14.2. The van der Waals surface area contributed by atoms with Crippen molar-refractivity contribution in [2.45, 2.75) is 51.2 Å². The van der Waals surface area contributed by atoms with E-state index in [1.165, 1.54) is 9.47 Å². The van der Waals surface area contributed by atoms with Gasteiger partial charge in [-0.25, -0.2) is 22.9 Å². The van der Waals surface area contributed by atoms with Crippen LogP contribution < -0.4 is 10.6 Å². The van der Waals surface area contributed by atoms with Gasteiger partial charge < -0.3 is 14.5 Å². The fraction of sp³-hybridized carbons (Fsp3) is 0.524. The Bertz CT molecular complexity index is 1500. The highest BCUT2D eigenvalue weighted by atomic mass is 32.3. The smallest absolute Gasteiger partial charge is 0.410 e. The van der Waals surface area contributed by atoms with Crippen molar-refractivity contribution >= 4 is 44.4 Å². The van der Waals surface area contributed by atoms with E-state index >= 15 is 0 Å². The molecule has 0 N–H and O–H groups in total. The number of benzene rings is 1. The average Bonchev–Trinajstić information content (AvgIpc) is 3.38. The number of amides is 1. The van der Waals surface area contributed by atoms with E-state index in [4.69, 9.17) is 4.74 Å². The molecule has 1 fully saturated rings. The van der Waals surface area contributed by atoms with Crippen LogP contribution in [0.15, 0.2) is 21.8 Å². The molecule has 1 aliphatic rings. The summed E-state index contributed by atoms with van der Waals surface area (Å²) in [6.45, 7) is 8.01. The monoisotopic (exact) mass is 562 g/mol. The van der Waals surface area contributed by atoms with Crippen molar-refractivity contribution in [3.8, 4) is 5.13 Å². The number of fused-ring (bicyclic) bond motifs is 1. The van der Waals surface area contributed by atoms with Gasteiger partial charge in [-0.1, -0.05) is 11.3 Å². The van der Waals surface area contributed by atoms with Gasteiger partial charge in [-0.2, -0.15) is 8.42 Å². The third-order valence-corrected chi connectivity index (χ3v) is 7.37. The number of rotatable bonds is 5. The normalized spacial score (nSPS) is 15.1. The fourth-order valence-corrected chi connectivity index (χ4v) is 5.28. The molecule has 0 unspecified atom stereocenters. The summed E-state index contributed by atoms with van der Waals surface area (Å²) in [4.78, 5) is 28.3. The number of imidazole rings is 1. The highest BCUT2D eigenvalue weighted by Gasteiger charge is 2.30. The molecule has 16 heteroatoms.